The van der Waals surface area contributed by atoms with Crippen LogP contribution in [0, 0.1) is 6.92 Å². The van der Waals surface area contributed by atoms with E-state index in [4.69, 9.17) is 10.5 Å². The maximum Gasteiger partial charge on any atom is 0.345 e. The van der Waals surface area contributed by atoms with Gasteiger partial charge in [0.05, 0.1) is 12.8 Å². The Morgan fingerprint density at radius 1 is 1.38 bits per heavy atom. The lowest BCUT2D eigenvalue weighted by Crippen LogP contribution is -2.14. The van der Waals surface area contributed by atoms with Crippen LogP contribution >= 0.6 is 0 Å². The van der Waals surface area contributed by atoms with E-state index in [-0.39, 0.29) is 17.4 Å². The molecular weight excluding hydrogens is 268 g/mol. The number of nitrogen functional groups attached to an aromatic ring is 1. The first-order chi connectivity index (χ1) is 9.95. The normalized spacial score (nSPS) is 10.7. The maximum atomic E-state index is 12.0. The van der Waals surface area contributed by atoms with Crippen molar-refractivity contribution in [1.29, 1.82) is 0 Å². The van der Waals surface area contributed by atoms with Crippen LogP contribution in [0.15, 0.2) is 24.3 Å². The second-order valence-corrected chi connectivity index (χ2v) is 5.10. The van der Waals surface area contributed by atoms with Crippen molar-refractivity contribution in [2.24, 2.45) is 0 Å². The molecule has 1 aromatic heterocycles. The number of hydrogen-bond donors (Lipinski definition) is 2. The fraction of sp³-hybridized carbons (Fsp3) is 0.333. The predicted octanol–water partition coefficient (Wildman–Crippen LogP) is 2.37. The molecule has 0 amide bonds. The minimum absolute atomic E-state index is 0.119. The molecule has 0 aliphatic heterocycles. The summed E-state index contributed by atoms with van der Waals surface area (Å²) in [6, 6.07) is 7.82. The lowest BCUT2D eigenvalue weighted by molar-refractivity contribution is 0.0603. The third-order valence-corrected chi connectivity index (χ3v) is 3.08. The van der Waals surface area contributed by atoms with Crippen LogP contribution in [0.3, 0.4) is 0 Å². The topological polar surface area (TPSA) is 82.2 Å². The summed E-state index contributed by atoms with van der Waals surface area (Å²) in [6.07, 6.45) is 0. The lowest BCUT2D eigenvalue weighted by atomic mass is 10.2. The number of nitrogens with one attached hydrogen (secondary N) is 1. The van der Waals surface area contributed by atoms with Gasteiger partial charge in [0.2, 0.25) is 0 Å². The highest BCUT2D eigenvalue weighted by molar-refractivity contribution is 6.00. The molecule has 0 spiro atoms. The second-order valence-electron chi connectivity index (χ2n) is 5.10. The molecule has 0 unspecified atom stereocenters. The molecule has 2 rings (SSSR count). The second kappa shape index (κ2) is 5.87. The Morgan fingerprint density at radius 2 is 2.05 bits per heavy atom. The molecule has 0 saturated carbocycles. The van der Waals surface area contributed by atoms with Crippen molar-refractivity contribution in [1.82, 2.24) is 9.78 Å². The van der Waals surface area contributed by atoms with Gasteiger partial charge in [-0.15, -0.1) is 5.10 Å². The molecule has 0 fully saturated rings. The molecule has 1 aromatic carbocycles. The minimum atomic E-state index is -0.504. The molecule has 6 nitrogen and oxygen atoms in total. The molecular formula is C15H20N4O2. The van der Waals surface area contributed by atoms with Gasteiger partial charge in [0.1, 0.15) is 11.4 Å². The lowest BCUT2D eigenvalue weighted by Gasteiger charge is -2.07. The van der Waals surface area contributed by atoms with E-state index in [1.165, 1.54) is 7.11 Å². The van der Waals surface area contributed by atoms with Gasteiger partial charge in [-0.3, -0.25) is 0 Å². The minimum Gasteiger partial charge on any atom is -0.465 e. The Labute approximate surface area is 123 Å². The number of ether oxygens (including phenoxy) is 1. The molecule has 112 valence electrons. The third-order valence-electron chi connectivity index (χ3n) is 3.08. The number of hydrogen-bond acceptors (Lipinski definition) is 5. The molecule has 0 radical (unpaired) electrons. The summed E-state index contributed by atoms with van der Waals surface area (Å²) in [5.74, 6) is 0.187. The van der Waals surface area contributed by atoms with Gasteiger partial charge >= 0.3 is 5.97 Å². The Balaban J connectivity index is 2.61. The highest BCUT2D eigenvalue weighted by Gasteiger charge is 2.24. The molecule has 21 heavy (non-hydrogen) atoms. The molecule has 0 aliphatic carbocycles. The van der Waals surface area contributed by atoms with Crippen molar-refractivity contribution in [2.75, 3.05) is 18.2 Å². The van der Waals surface area contributed by atoms with Gasteiger partial charge in [0.15, 0.2) is 5.82 Å². The average Bonchev–Trinajstić information content (AvgIpc) is 2.74. The van der Waals surface area contributed by atoms with Crippen LogP contribution in [-0.2, 0) is 4.74 Å². The average molecular weight is 288 g/mol. The van der Waals surface area contributed by atoms with Gasteiger partial charge in [-0.1, -0.05) is 18.2 Å². The standard InChI is InChI=1S/C15H20N4O2/c1-9(2)17-14-12(15(20)21-4)13(16)19(18-14)11-8-6-5-7-10(11)3/h5-9H,16H2,1-4H3,(H,17,18). The highest BCUT2D eigenvalue weighted by Crippen LogP contribution is 2.27. The predicted molar refractivity (Wildman–Crippen MR) is 82.8 cm³/mol. The van der Waals surface area contributed by atoms with Crippen LogP contribution in [0.25, 0.3) is 5.69 Å². The molecule has 3 N–H and O–H groups in total. The van der Waals surface area contributed by atoms with Gasteiger partial charge in [-0.2, -0.15) is 0 Å². The molecule has 0 saturated heterocycles. The fourth-order valence-corrected chi connectivity index (χ4v) is 2.09. The Bertz CT molecular complexity index is 662. The molecule has 2 aromatic rings. The summed E-state index contributed by atoms with van der Waals surface area (Å²) in [5, 5.41) is 7.56. The summed E-state index contributed by atoms with van der Waals surface area (Å²) in [5.41, 5.74) is 8.22. The molecule has 0 bridgehead atoms. The van der Waals surface area contributed by atoms with Crippen molar-refractivity contribution in [3.8, 4) is 5.69 Å². The van der Waals surface area contributed by atoms with Crippen molar-refractivity contribution < 1.29 is 9.53 Å². The largest absolute Gasteiger partial charge is 0.465 e. The smallest absolute Gasteiger partial charge is 0.345 e. The highest BCUT2D eigenvalue weighted by atomic mass is 16.5. The number of anilines is 2. The zero-order chi connectivity index (χ0) is 15.6. The zero-order valence-electron chi connectivity index (χ0n) is 12.7. The molecule has 0 aliphatic rings. The van der Waals surface area contributed by atoms with Crippen LogP contribution in [0.4, 0.5) is 11.6 Å². The fourth-order valence-electron chi connectivity index (χ4n) is 2.09. The Hall–Kier alpha value is -2.50. The number of methoxy groups -OCH3 is 1. The van der Waals surface area contributed by atoms with Crippen molar-refractivity contribution in [2.45, 2.75) is 26.8 Å². The molecule has 0 atom stereocenters. The number of esters is 1. The monoisotopic (exact) mass is 288 g/mol. The van der Waals surface area contributed by atoms with E-state index in [0.717, 1.165) is 11.3 Å². The van der Waals surface area contributed by atoms with Crippen LogP contribution in [0.1, 0.15) is 29.8 Å². The van der Waals surface area contributed by atoms with Gasteiger partial charge in [0, 0.05) is 6.04 Å². The van der Waals surface area contributed by atoms with Gasteiger partial charge in [-0.05, 0) is 32.4 Å². The van der Waals surface area contributed by atoms with Crippen molar-refractivity contribution in [3.63, 3.8) is 0 Å². The number of nitrogens with two attached hydrogens (primary N) is 1. The number of benzene rings is 1. The van der Waals surface area contributed by atoms with E-state index >= 15 is 0 Å². The summed E-state index contributed by atoms with van der Waals surface area (Å²) in [4.78, 5) is 12.0. The number of para-hydroxylation sites is 1. The van der Waals surface area contributed by atoms with E-state index in [0.29, 0.717) is 5.82 Å². The zero-order valence-corrected chi connectivity index (χ0v) is 12.7. The number of aryl methyl sites for hydroxylation is 1. The maximum absolute atomic E-state index is 12.0. The van der Waals surface area contributed by atoms with Gasteiger partial charge in [-0.25, -0.2) is 9.48 Å². The molecule has 6 heteroatoms. The summed E-state index contributed by atoms with van der Waals surface area (Å²) >= 11 is 0. The van der Waals surface area contributed by atoms with E-state index in [1.807, 2.05) is 45.0 Å². The first-order valence-electron chi connectivity index (χ1n) is 6.75. The summed E-state index contributed by atoms with van der Waals surface area (Å²) < 4.78 is 6.37. The third kappa shape index (κ3) is 2.84. The van der Waals surface area contributed by atoms with Crippen LogP contribution < -0.4 is 11.1 Å². The van der Waals surface area contributed by atoms with Gasteiger partial charge in [0.25, 0.3) is 0 Å². The van der Waals surface area contributed by atoms with E-state index in [1.54, 1.807) is 4.68 Å². The van der Waals surface area contributed by atoms with Crippen molar-refractivity contribution in [3.05, 3.63) is 35.4 Å². The number of nitrogens with zero attached hydrogens (tertiary/aromatic N) is 2. The van der Waals surface area contributed by atoms with E-state index in [2.05, 4.69) is 10.4 Å². The summed E-state index contributed by atoms with van der Waals surface area (Å²) in [7, 11) is 1.33. The number of rotatable bonds is 4. The first kappa shape index (κ1) is 14.9. The number of carbonyl (C=O) groups is 1. The van der Waals surface area contributed by atoms with Crippen LogP contribution in [0.5, 0.6) is 0 Å². The SMILES string of the molecule is COC(=O)c1c(NC(C)C)nn(-c2ccccc2C)c1N. The molecule has 1 heterocycles. The van der Waals surface area contributed by atoms with Crippen LogP contribution in [0.2, 0.25) is 0 Å². The Morgan fingerprint density at radius 3 is 2.62 bits per heavy atom. The van der Waals surface area contributed by atoms with E-state index < -0.39 is 5.97 Å². The quantitative estimate of drug-likeness (QED) is 0.844. The van der Waals surface area contributed by atoms with Crippen molar-refractivity contribution >= 4 is 17.6 Å². The van der Waals surface area contributed by atoms with Crippen LogP contribution in [-0.4, -0.2) is 28.9 Å². The summed E-state index contributed by atoms with van der Waals surface area (Å²) in [6.45, 7) is 5.89. The first-order valence-corrected chi connectivity index (χ1v) is 6.75. The van der Waals surface area contributed by atoms with Gasteiger partial charge < -0.3 is 15.8 Å². The number of carbonyl (C=O) groups excluding carboxylic acids is 1. The Kier molecular flexibility index (Phi) is 4.16. The van der Waals surface area contributed by atoms with E-state index in [9.17, 15) is 4.79 Å². The number of aromatic nitrogens is 2.